The number of carboxylic acids is 1. The molecule has 4 aromatic rings. The molecule has 180 valence electrons. The fraction of sp³-hybridized carbons (Fsp3) is 0.240. The van der Waals surface area contributed by atoms with Crippen molar-refractivity contribution in [2.45, 2.75) is 39.8 Å². The molecule has 0 spiro atoms. The van der Waals surface area contributed by atoms with Crippen LogP contribution in [0.1, 0.15) is 38.3 Å². The number of aryl methyl sites for hydroxylation is 3. The van der Waals surface area contributed by atoms with Gasteiger partial charge in [-0.2, -0.15) is 0 Å². The van der Waals surface area contributed by atoms with Crippen molar-refractivity contribution in [1.29, 1.82) is 0 Å². The fourth-order valence-electron chi connectivity index (χ4n) is 4.03. The molecule has 1 atom stereocenters. The number of aromatic amines is 1. The van der Waals surface area contributed by atoms with Crippen molar-refractivity contribution in [1.82, 2.24) is 30.3 Å². The first-order valence-corrected chi connectivity index (χ1v) is 11.2. The van der Waals surface area contributed by atoms with Gasteiger partial charge in [0, 0.05) is 24.4 Å². The van der Waals surface area contributed by atoms with Crippen molar-refractivity contribution in [2.75, 3.05) is 5.32 Å². The molecule has 1 amide bonds. The molecule has 0 fully saturated rings. The van der Waals surface area contributed by atoms with Crippen LogP contribution in [0, 0.1) is 20.8 Å². The number of nitrogens with one attached hydrogen (secondary N) is 3. The van der Waals surface area contributed by atoms with Gasteiger partial charge in [-0.15, -0.1) is 5.10 Å². The molecule has 0 aliphatic heterocycles. The monoisotopic (exact) mass is 473 g/mol. The Balaban J connectivity index is 1.41. The number of anilines is 1. The number of imidazole rings is 1. The highest BCUT2D eigenvalue weighted by molar-refractivity contribution is 5.99. The summed E-state index contributed by atoms with van der Waals surface area (Å²) in [4.78, 5) is 31.8. The maximum atomic E-state index is 12.9. The molecule has 2 heterocycles. The molecular formula is C25H27N7O3. The lowest BCUT2D eigenvalue weighted by Gasteiger charge is -2.17. The Kier molecular flexibility index (Phi) is 6.91. The number of aromatic nitrogens is 5. The predicted molar refractivity (Wildman–Crippen MR) is 131 cm³/mol. The summed E-state index contributed by atoms with van der Waals surface area (Å²) in [5.41, 5.74) is 5.51. The van der Waals surface area contributed by atoms with Crippen LogP contribution in [0.4, 0.5) is 5.95 Å². The lowest BCUT2D eigenvalue weighted by Crippen LogP contribution is -2.42. The van der Waals surface area contributed by atoms with Gasteiger partial charge in [0.2, 0.25) is 0 Å². The summed E-state index contributed by atoms with van der Waals surface area (Å²) in [5, 5.41) is 23.8. The van der Waals surface area contributed by atoms with Gasteiger partial charge in [0.05, 0.1) is 18.4 Å². The van der Waals surface area contributed by atoms with Gasteiger partial charge < -0.3 is 20.7 Å². The van der Waals surface area contributed by atoms with Crippen LogP contribution >= 0.6 is 0 Å². The quantitative estimate of drug-likeness (QED) is 0.293. The van der Waals surface area contributed by atoms with Crippen LogP contribution in [-0.2, 0) is 17.8 Å². The molecule has 4 rings (SSSR count). The normalized spacial score (nSPS) is 11.7. The van der Waals surface area contributed by atoms with Crippen LogP contribution in [0.2, 0.25) is 0 Å². The first kappa shape index (κ1) is 23.7. The zero-order valence-corrected chi connectivity index (χ0v) is 19.7. The van der Waals surface area contributed by atoms with Crippen molar-refractivity contribution in [3.05, 3.63) is 88.5 Å². The highest BCUT2D eigenvalue weighted by atomic mass is 16.4. The van der Waals surface area contributed by atoms with Crippen LogP contribution in [0.5, 0.6) is 0 Å². The molecule has 0 aliphatic rings. The van der Waals surface area contributed by atoms with E-state index in [-0.39, 0.29) is 12.3 Å². The largest absolute Gasteiger partial charge is 0.480 e. The minimum Gasteiger partial charge on any atom is -0.480 e. The van der Waals surface area contributed by atoms with Gasteiger partial charge in [-0.3, -0.25) is 4.79 Å². The average Bonchev–Trinajstić information content (AvgIpc) is 3.49. The highest BCUT2D eigenvalue weighted by Gasteiger charge is 2.23. The second-order valence-electron chi connectivity index (χ2n) is 8.45. The van der Waals surface area contributed by atoms with Crippen LogP contribution in [0.25, 0.3) is 5.69 Å². The first-order chi connectivity index (χ1) is 16.8. The molecule has 1 unspecified atom stereocenters. The Bertz CT molecular complexity index is 1300. The molecular weight excluding hydrogens is 446 g/mol. The number of hydrogen-bond donors (Lipinski definition) is 4. The number of aliphatic carboxylic acids is 1. The number of hydrogen-bond acceptors (Lipinski definition) is 6. The topological polar surface area (TPSA) is 138 Å². The van der Waals surface area contributed by atoms with E-state index in [9.17, 15) is 14.7 Å². The smallest absolute Gasteiger partial charge is 0.326 e. The fourth-order valence-corrected chi connectivity index (χ4v) is 4.03. The van der Waals surface area contributed by atoms with Crippen LogP contribution in [0.15, 0.2) is 55.0 Å². The third-order valence-electron chi connectivity index (χ3n) is 5.62. The lowest BCUT2D eigenvalue weighted by molar-refractivity contribution is -0.139. The van der Waals surface area contributed by atoms with Gasteiger partial charge in [0.1, 0.15) is 11.7 Å². The third-order valence-corrected chi connectivity index (χ3v) is 5.62. The lowest BCUT2D eigenvalue weighted by atomic mass is 9.98. The molecule has 2 aromatic heterocycles. The minimum absolute atomic E-state index is 0.154. The number of amides is 1. The molecule has 2 aromatic carbocycles. The zero-order valence-electron chi connectivity index (χ0n) is 19.7. The third kappa shape index (κ3) is 5.72. The number of carboxylic acid groups (broad SMARTS) is 1. The molecule has 0 aliphatic carbocycles. The number of rotatable bonds is 9. The number of nitrogens with zero attached hydrogens (tertiary/aromatic N) is 4. The molecule has 10 heteroatoms. The molecule has 0 bridgehead atoms. The summed E-state index contributed by atoms with van der Waals surface area (Å²) in [5.74, 6) is -0.825. The van der Waals surface area contributed by atoms with Gasteiger partial charge >= 0.3 is 5.97 Å². The van der Waals surface area contributed by atoms with E-state index in [1.807, 2.05) is 57.2 Å². The van der Waals surface area contributed by atoms with Crippen LogP contribution in [-0.4, -0.2) is 48.0 Å². The summed E-state index contributed by atoms with van der Waals surface area (Å²) >= 11 is 0. The van der Waals surface area contributed by atoms with E-state index in [0.29, 0.717) is 18.1 Å². The Morgan fingerprint density at radius 3 is 2.46 bits per heavy atom. The van der Waals surface area contributed by atoms with E-state index in [2.05, 4.69) is 30.9 Å². The maximum Gasteiger partial charge on any atom is 0.326 e. The molecule has 35 heavy (non-hydrogen) atoms. The molecule has 4 N–H and O–H groups in total. The highest BCUT2D eigenvalue weighted by Crippen LogP contribution is 2.17. The molecule has 10 nitrogen and oxygen atoms in total. The van der Waals surface area contributed by atoms with Crippen molar-refractivity contribution >= 4 is 17.8 Å². The van der Waals surface area contributed by atoms with Gasteiger partial charge in [0.25, 0.3) is 5.91 Å². The van der Waals surface area contributed by atoms with E-state index < -0.39 is 12.0 Å². The van der Waals surface area contributed by atoms with Gasteiger partial charge in [-0.25, -0.2) is 14.5 Å². The van der Waals surface area contributed by atoms with Gasteiger partial charge in [0.15, 0.2) is 5.95 Å². The Morgan fingerprint density at radius 1 is 1.11 bits per heavy atom. The summed E-state index contributed by atoms with van der Waals surface area (Å²) in [6.07, 6.45) is 5.34. The van der Waals surface area contributed by atoms with Crippen molar-refractivity contribution in [3.63, 3.8) is 0 Å². The van der Waals surface area contributed by atoms with Crippen molar-refractivity contribution in [3.8, 4) is 5.69 Å². The van der Waals surface area contributed by atoms with E-state index in [4.69, 9.17) is 0 Å². The number of benzene rings is 2. The second-order valence-corrected chi connectivity index (χ2v) is 8.45. The van der Waals surface area contributed by atoms with E-state index >= 15 is 0 Å². The molecule has 0 saturated carbocycles. The number of carbonyl (C=O) groups is 2. The SMILES string of the molecule is Cc1cc(C)c(C(=O)NC(Cc2ccc(-n3cc(CNc4ncc[nH]4)nn3)cc2)C(=O)O)c(C)c1. The first-order valence-electron chi connectivity index (χ1n) is 11.2. The summed E-state index contributed by atoms with van der Waals surface area (Å²) in [6.45, 7) is 6.13. The zero-order chi connectivity index (χ0) is 24.9. The maximum absolute atomic E-state index is 12.9. The van der Waals surface area contributed by atoms with E-state index in [1.54, 1.807) is 23.3 Å². The molecule has 0 radical (unpaired) electrons. The second kappa shape index (κ2) is 10.2. The van der Waals surface area contributed by atoms with E-state index in [1.165, 1.54) is 0 Å². The predicted octanol–water partition coefficient (Wildman–Crippen LogP) is 2.95. The van der Waals surface area contributed by atoms with Crippen molar-refractivity contribution in [2.24, 2.45) is 0 Å². The van der Waals surface area contributed by atoms with Gasteiger partial charge in [-0.1, -0.05) is 35.0 Å². The summed E-state index contributed by atoms with van der Waals surface area (Å²) in [7, 11) is 0. The van der Waals surface area contributed by atoms with Gasteiger partial charge in [-0.05, 0) is 49.6 Å². The summed E-state index contributed by atoms with van der Waals surface area (Å²) < 4.78 is 1.64. The van der Waals surface area contributed by atoms with Crippen molar-refractivity contribution < 1.29 is 14.7 Å². The van der Waals surface area contributed by atoms with Crippen LogP contribution < -0.4 is 10.6 Å². The average molecular weight is 474 g/mol. The Labute approximate surface area is 202 Å². The standard InChI is InChI=1S/C25H27N7O3/c1-15-10-16(2)22(17(3)11-15)23(33)29-21(24(34)35)12-18-4-6-20(7-5-18)32-14-19(30-31-32)13-28-25-26-8-9-27-25/h4-11,14,21H,12-13H2,1-3H3,(H,29,33)(H,34,35)(H2,26,27,28). The Morgan fingerprint density at radius 2 is 1.83 bits per heavy atom. The van der Waals surface area contributed by atoms with E-state index in [0.717, 1.165) is 33.6 Å². The summed E-state index contributed by atoms with van der Waals surface area (Å²) in [6, 6.07) is 10.1. The molecule has 0 saturated heterocycles. The van der Waals surface area contributed by atoms with Crippen LogP contribution in [0.3, 0.4) is 0 Å². The Hall–Kier alpha value is -4.47. The minimum atomic E-state index is -1.09. The number of carbonyl (C=O) groups excluding carboxylic acids is 1. The number of H-pyrrole nitrogens is 1.